The maximum atomic E-state index is 5.24. The van der Waals surface area contributed by atoms with Crippen LogP contribution in [0.4, 0.5) is 0 Å². The molecule has 2 aromatic rings. The molecule has 0 aliphatic carbocycles. The molecule has 5 nitrogen and oxygen atoms in total. The number of rotatable bonds is 7. The number of ether oxygens (including phenoxy) is 2. The number of methoxy groups -OCH3 is 2. The van der Waals surface area contributed by atoms with Gasteiger partial charge in [-0.1, -0.05) is 27.3 Å². The molecule has 0 spiro atoms. The molecule has 1 aromatic carbocycles. The van der Waals surface area contributed by atoms with E-state index >= 15 is 0 Å². The summed E-state index contributed by atoms with van der Waals surface area (Å²) >= 11 is 5.10. The second kappa shape index (κ2) is 7.68. The van der Waals surface area contributed by atoms with E-state index in [1.165, 1.54) is 0 Å². The Labute approximate surface area is 130 Å². The summed E-state index contributed by atoms with van der Waals surface area (Å²) in [6, 6.07) is 5.81. The van der Waals surface area contributed by atoms with Crippen molar-refractivity contribution < 1.29 is 9.47 Å². The average molecular weight is 358 g/mol. The van der Waals surface area contributed by atoms with E-state index in [0.29, 0.717) is 13.2 Å². The number of hydrogen-bond acceptors (Lipinski definition) is 6. The van der Waals surface area contributed by atoms with Crippen LogP contribution < -0.4 is 10.1 Å². The number of nitrogens with zero attached hydrogens (tertiary/aromatic N) is 2. The van der Waals surface area contributed by atoms with E-state index in [0.717, 1.165) is 32.3 Å². The summed E-state index contributed by atoms with van der Waals surface area (Å²) < 4.78 is 11.2. The molecule has 0 bridgehead atoms. The number of benzene rings is 1. The van der Waals surface area contributed by atoms with Crippen molar-refractivity contribution in [3.05, 3.63) is 27.7 Å². The first-order valence-electron chi connectivity index (χ1n) is 6.10. The standard InChI is InChI=1S/C13H16BrN3O2S/c1-18-6-5-15-8-12-16-17-13(20-12)10-7-9(19-2)3-4-11(10)14/h3-4,7,15H,5-6,8H2,1-2H3. The van der Waals surface area contributed by atoms with Crippen LogP contribution in [0.1, 0.15) is 5.01 Å². The first-order valence-corrected chi connectivity index (χ1v) is 7.71. The molecule has 2 rings (SSSR count). The minimum Gasteiger partial charge on any atom is -0.497 e. The van der Waals surface area contributed by atoms with Crippen molar-refractivity contribution in [2.24, 2.45) is 0 Å². The molecular weight excluding hydrogens is 342 g/mol. The van der Waals surface area contributed by atoms with E-state index in [4.69, 9.17) is 9.47 Å². The third kappa shape index (κ3) is 3.99. The Morgan fingerprint density at radius 1 is 1.30 bits per heavy atom. The zero-order valence-corrected chi connectivity index (χ0v) is 13.8. The summed E-state index contributed by atoms with van der Waals surface area (Å²) in [6.07, 6.45) is 0. The van der Waals surface area contributed by atoms with Crippen LogP contribution in [-0.4, -0.2) is 37.6 Å². The Bertz CT molecular complexity index is 562. The van der Waals surface area contributed by atoms with Crippen molar-refractivity contribution in [2.45, 2.75) is 6.54 Å². The monoisotopic (exact) mass is 357 g/mol. The van der Waals surface area contributed by atoms with Gasteiger partial charge in [-0.05, 0) is 18.2 Å². The Morgan fingerprint density at radius 2 is 2.15 bits per heavy atom. The van der Waals surface area contributed by atoms with Gasteiger partial charge in [0.15, 0.2) is 0 Å². The van der Waals surface area contributed by atoms with Gasteiger partial charge in [0.1, 0.15) is 15.8 Å². The van der Waals surface area contributed by atoms with Crippen LogP contribution in [0.5, 0.6) is 5.75 Å². The highest BCUT2D eigenvalue weighted by atomic mass is 79.9. The molecule has 108 valence electrons. The molecule has 0 unspecified atom stereocenters. The van der Waals surface area contributed by atoms with Gasteiger partial charge >= 0.3 is 0 Å². The third-order valence-electron chi connectivity index (χ3n) is 2.63. The van der Waals surface area contributed by atoms with Crippen LogP contribution >= 0.6 is 27.3 Å². The molecule has 20 heavy (non-hydrogen) atoms. The Kier molecular flexibility index (Phi) is 5.90. The Balaban J connectivity index is 2.08. The summed E-state index contributed by atoms with van der Waals surface area (Å²) in [6.45, 7) is 2.18. The molecule has 0 atom stereocenters. The van der Waals surface area contributed by atoms with Gasteiger partial charge in [0.25, 0.3) is 0 Å². The number of aromatic nitrogens is 2. The summed E-state index contributed by atoms with van der Waals surface area (Å²) in [5.41, 5.74) is 0.991. The molecule has 1 aromatic heterocycles. The van der Waals surface area contributed by atoms with Gasteiger partial charge in [-0.2, -0.15) is 0 Å². The lowest BCUT2D eigenvalue weighted by Crippen LogP contribution is -2.18. The fourth-order valence-corrected chi connectivity index (χ4v) is 3.00. The van der Waals surface area contributed by atoms with E-state index in [-0.39, 0.29) is 0 Å². The second-order valence-electron chi connectivity index (χ2n) is 4.02. The smallest absolute Gasteiger partial charge is 0.149 e. The van der Waals surface area contributed by atoms with Gasteiger partial charge < -0.3 is 14.8 Å². The minimum absolute atomic E-state index is 0.688. The molecule has 0 saturated heterocycles. The maximum Gasteiger partial charge on any atom is 0.149 e. The number of nitrogens with one attached hydrogen (secondary N) is 1. The van der Waals surface area contributed by atoms with Crippen LogP contribution in [0.25, 0.3) is 10.6 Å². The largest absolute Gasteiger partial charge is 0.497 e. The quantitative estimate of drug-likeness (QED) is 0.772. The molecule has 0 amide bonds. The van der Waals surface area contributed by atoms with E-state index < -0.39 is 0 Å². The van der Waals surface area contributed by atoms with Crippen molar-refractivity contribution in [1.29, 1.82) is 0 Å². The first kappa shape index (κ1) is 15.4. The zero-order chi connectivity index (χ0) is 14.4. The lowest BCUT2D eigenvalue weighted by Gasteiger charge is -2.03. The minimum atomic E-state index is 0.688. The molecule has 0 radical (unpaired) electrons. The summed E-state index contributed by atoms with van der Waals surface area (Å²) in [5.74, 6) is 0.804. The van der Waals surface area contributed by atoms with Crippen molar-refractivity contribution >= 4 is 27.3 Å². The zero-order valence-electron chi connectivity index (χ0n) is 11.4. The Morgan fingerprint density at radius 3 is 2.90 bits per heavy atom. The van der Waals surface area contributed by atoms with Crippen LogP contribution in [0.3, 0.4) is 0 Å². The van der Waals surface area contributed by atoms with Crippen LogP contribution in [0, 0.1) is 0 Å². The highest BCUT2D eigenvalue weighted by Crippen LogP contribution is 2.33. The lowest BCUT2D eigenvalue weighted by atomic mass is 10.2. The van der Waals surface area contributed by atoms with Gasteiger partial charge in [0, 0.05) is 30.2 Å². The molecule has 0 fully saturated rings. The summed E-state index contributed by atoms with van der Waals surface area (Å²) in [5, 5.41) is 13.5. The number of halogens is 1. The summed E-state index contributed by atoms with van der Waals surface area (Å²) in [7, 11) is 3.34. The molecule has 0 saturated carbocycles. The Hall–Kier alpha value is -1.02. The van der Waals surface area contributed by atoms with Crippen molar-refractivity contribution in [3.8, 4) is 16.3 Å². The molecule has 1 heterocycles. The lowest BCUT2D eigenvalue weighted by molar-refractivity contribution is 0.199. The van der Waals surface area contributed by atoms with E-state index in [1.54, 1.807) is 25.6 Å². The van der Waals surface area contributed by atoms with E-state index in [2.05, 4.69) is 31.4 Å². The summed E-state index contributed by atoms with van der Waals surface area (Å²) in [4.78, 5) is 0. The maximum absolute atomic E-state index is 5.24. The van der Waals surface area contributed by atoms with Gasteiger partial charge in [-0.3, -0.25) is 0 Å². The van der Waals surface area contributed by atoms with E-state index in [1.807, 2.05) is 18.2 Å². The molecular formula is C13H16BrN3O2S. The van der Waals surface area contributed by atoms with Gasteiger partial charge in [0.05, 0.1) is 13.7 Å². The fraction of sp³-hybridized carbons (Fsp3) is 0.385. The predicted molar refractivity (Wildman–Crippen MR) is 83.2 cm³/mol. The molecule has 7 heteroatoms. The van der Waals surface area contributed by atoms with Crippen LogP contribution in [0.2, 0.25) is 0 Å². The highest BCUT2D eigenvalue weighted by molar-refractivity contribution is 9.10. The number of hydrogen-bond donors (Lipinski definition) is 1. The predicted octanol–water partition coefficient (Wildman–Crippen LogP) is 2.71. The normalized spacial score (nSPS) is 10.8. The third-order valence-corrected chi connectivity index (χ3v) is 4.28. The molecule has 0 aliphatic rings. The van der Waals surface area contributed by atoms with Gasteiger partial charge in [-0.25, -0.2) is 0 Å². The first-order chi connectivity index (χ1) is 9.74. The SMILES string of the molecule is COCCNCc1nnc(-c2cc(OC)ccc2Br)s1. The van der Waals surface area contributed by atoms with Crippen molar-refractivity contribution in [2.75, 3.05) is 27.4 Å². The van der Waals surface area contributed by atoms with Crippen LogP contribution in [0.15, 0.2) is 22.7 Å². The highest BCUT2D eigenvalue weighted by Gasteiger charge is 2.11. The van der Waals surface area contributed by atoms with Gasteiger partial charge in [-0.15, -0.1) is 10.2 Å². The van der Waals surface area contributed by atoms with Gasteiger partial charge in [0.2, 0.25) is 0 Å². The van der Waals surface area contributed by atoms with Crippen LogP contribution in [-0.2, 0) is 11.3 Å². The fourth-order valence-electron chi connectivity index (χ4n) is 1.60. The van der Waals surface area contributed by atoms with E-state index in [9.17, 15) is 0 Å². The topological polar surface area (TPSA) is 56.3 Å². The molecule has 1 N–H and O–H groups in total. The van der Waals surface area contributed by atoms with Crippen molar-refractivity contribution in [1.82, 2.24) is 15.5 Å². The molecule has 0 aliphatic heterocycles. The second-order valence-corrected chi connectivity index (χ2v) is 5.93. The van der Waals surface area contributed by atoms with Crippen molar-refractivity contribution in [3.63, 3.8) is 0 Å². The average Bonchev–Trinajstić information content (AvgIpc) is 2.93.